The number of ether oxygens (including phenoxy) is 35. The molecule has 0 aromatic heterocycles. The second-order valence-electron chi connectivity index (χ2n) is 29.6. The van der Waals surface area contributed by atoms with Crippen LogP contribution in [0.15, 0.2) is 35.4 Å². The molecule has 7 fully saturated rings. The number of carbonyl (C=O) groups is 10. The monoisotopic (exact) mass is 1830 g/mol. The standard InChI is InChI=1S/C79H117N3O45/c1-34(83)105-30-47-52(59(96-13)51(81-82-80)73(115-47)114-42(9)91)122-74-66(101-18)60(97-14)53(44(116-74)27-93-10)123-75-67(102-19)61(98-15)54(45(117-75)28-94-11)124-76-68(103-20)62(99-16)55(46(118-76)29-95-12)125-77-69(104-21)63(100-17)56(50(119-77)33-108-72(92)43-25-23-22-24-26-43)126-78-71(113-41(8)90)65(111-39(6)88)58(49(121-78)32-107-36(3)85)127-79-70(112-40(7)89)64(110-38(5)87)57(109-37(4)86)48(120-79)31-106-35(2)84/h22-26,44-71,73-79H,27-33H2,1-21H3/t44-,45-,46?,47?,48-,49-,50?,51?,52+,53+,54+,55+,56+,57+,58+,59+,60?,61?,62-,63-,64?,65?,66?,67?,68?,69?,70?,71?,73?,74-,75+,76-,77-,78-,79+/m0/s1. The first-order valence-electron chi connectivity index (χ1n) is 40.2. The lowest BCUT2D eigenvalue weighted by atomic mass is 9.94. The van der Waals surface area contributed by atoms with Crippen LogP contribution in [0.5, 0.6) is 0 Å². The van der Waals surface area contributed by atoms with Crippen molar-refractivity contribution in [2.24, 2.45) is 5.11 Å². The van der Waals surface area contributed by atoms with Gasteiger partial charge in [-0.15, -0.1) is 0 Å². The second kappa shape index (κ2) is 50.6. The molecule has 7 heterocycles. The van der Waals surface area contributed by atoms with E-state index in [-0.39, 0.29) is 25.4 Å². The Morgan fingerprint density at radius 1 is 0.268 bits per heavy atom. The van der Waals surface area contributed by atoms with Crippen LogP contribution in [-0.4, -0.2) is 406 Å². The lowest BCUT2D eigenvalue weighted by Crippen LogP contribution is -2.69. The highest BCUT2D eigenvalue weighted by molar-refractivity contribution is 5.89. The van der Waals surface area contributed by atoms with E-state index in [1.807, 2.05) is 0 Å². The Bertz CT molecular complexity index is 3740. The van der Waals surface area contributed by atoms with Crippen LogP contribution in [0.4, 0.5) is 0 Å². The highest BCUT2D eigenvalue weighted by Crippen LogP contribution is 2.43. The summed E-state index contributed by atoms with van der Waals surface area (Å²) in [5.74, 6) is -9.19. The smallest absolute Gasteiger partial charge is 0.338 e. The summed E-state index contributed by atoms with van der Waals surface area (Å²) in [6.07, 6.45) is -50.4. The zero-order chi connectivity index (χ0) is 93.2. The van der Waals surface area contributed by atoms with Crippen molar-refractivity contribution in [1.29, 1.82) is 0 Å². The number of azide groups is 1. The molecule has 35 atom stereocenters. The largest absolute Gasteiger partial charge is 0.463 e. The van der Waals surface area contributed by atoms with Crippen LogP contribution in [0.2, 0.25) is 0 Å². The van der Waals surface area contributed by atoms with Gasteiger partial charge in [0.25, 0.3) is 0 Å². The average molecular weight is 1830 g/mol. The van der Waals surface area contributed by atoms with E-state index in [0.717, 1.165) is 55.4 Å². The molecule has 0 bridgehead atoms. The Kier molecular flexibility index (Phi) is 41.7. The molecule has 15 unspecified atom stereocenters. The molecule has 1 aromatic rings. The first-order valence-corrected chi connectivity index (χ1v) is 40.2. The van der Waals surface area contributed by atoms with Crippen molar-refractivity contribution in [3.63, 3.8) is 0 Å². The van der Waals surface area contributed by atoms with Gasteiger partial charge in [-0.05, 0) is 17.7 Å². The quantitative estimate of drug-likeness (QED) is 0.0271. The fraction of sp³-hybridized carbons (Fsp3) is 0.797. The Labute approximate surface area is 731 Å². The molecule has 7 saturated heterocycles. The Morgan fingerprint density at radius 3 is 0.780 bits per heavy atom. The molecule has 718 valence electrons. The van der Waals surface area contributed by atoms with Gasteiger partial charge in [0.1, 0.15) is 167 Å². The van der Waals surface area contributed by atoms with E-state index < -0.39 is 301 Å². The van der Waals surface area contributed by atoms with Crippen molar-refractivity contribution >= 4 is 59.7 Å². The molecule has 0 saturated carbocycles. The van der Waals surface area contributed by atoms with E-state index in [9.17, 15) is 53.5 Å². The van der Waals surface area contributed by atoms with Crippen molar-refractivity contribution in [3.05, 3.63) is 46.3 Å². The number of hydrogen-bond donors (Lipinski definition) is 0. The topological polar surface area (TPSA) is 543 Å². The zero-order valence-corrected chi connectivity index (χ0v) is 74.3. The number of nitrogens with zero attached hydrogens (tertiary/aromatic N) is 3. The highest BCUT2D eigenvalue weighted by Gasteiger charge is 2.63. The van der Waals surface area contributed by atoms with Gasteiger partial charge in [0.15, 0.2) is 68.3 Å². The third kappa shape index (κ3) is 27.2. The van der Waals surface area contributed by atoms with E-state index in [0.29, 0.717) is 0 Å². The fourth-order valence-corrected chi connectivity index (χ4v) is 16.0. The number of hydrogen-bond acceptors (Lipinski definition) is 46. The van der Waals surface area contributed by atoms with Gasteiger partial charge in [-0.3, -0.25) is 43.2 Å². The summed E-state index contributed by atoms with van der Waals surface area (Å²) in [5.41, 5.74) is 9.78. The summed E-state index contributed by atoms with van der Waals surface area (Å²) >= 11 is 0. The fourth-order valence-electron chi connectivity index (χ4n) is 16.0. The van der Waals surface area contributed by atoms with Crippen molar-refractivity contribution in [2.45, 2.75) is 277 Å². The summed E-state index contributed by atoms with van der Waals surface area (Å²) < 4.78 is 217. The SMILES string of the molecule is COCC1O[C@@H](O[C@H]2C(OC)C(OC)[C@@H](O[C@H]3C(OC)C(OC)[C@H](O[C@@H]4C(COC(C)=O)OC(OC(C)=O)C(N=[N+]=[N-])[C@H]4OC)O[C@H]3COC)O[C@H]2COC)C(OC)[C@@H](OC)[C@@H]1O[C@@H]1OC(COC(=O)c2ccccc2)[C@@H](O[C@@H]2O[C@@H](COC(C)=O)[C@@H](O[C@H]3O[C@@H](COC(C)=O)[C@@H](OC(C)=O)C(OC(C)=O)C3OC(C)=O)C(OC(C)=O)C2OC(C)=O)[C@H](OC)C1OC. The Balaban J connectivity index is 1.11. The molecule has 7 aliphatic rings. The van der Waals surface area contributed by atoms with Gasteiger partial charge in [0.05, 0.1) is 25.4 Å². The van der Waals surface area contributed by atoms with E-state index in [1.165, 1.54) is 104 Å². The third-order valence-electron chi connectivity index (χ3n) is 21.1. The lowest BCUT2D eigenvalue weighted by Gasteiger charge is -2.52. The number of benzene rings is 1. The minimum atomic E-state index is -2.03. The molecular weight excluding hydrogens is 1710 g/mol. The summed E-state index contributed by atoms with van der Waals surface area (Å²) in [6.45, 7) is 5.94. The van der Waals surface area contributed by atoms with Crippen LogP contribution in [0.1, 0.15) is 72.7 Å². The van der Waals surface area contributed by atoms with Gasteiger partial charge in [-0.1, -0.05) is 23.3 Å². The molecule has 48 heteroatoms. The number of methoxy groups -OCH3 is 12. The van der Waals surface area contributed by atoms with Gasteiger partial charge < -0.3 is 166 Å². The second-order valence-corrected chi connectivity index (χ2v) is 29.6. The normalized spacial score (nSPS) is 36.7. The van der Waals surface area contributed by atoms with E-state index in [4.69, 9.17) is 166 Å². The summed E-state index contributed by atoms with van der Waals surface area (Å²) in [7, 11) is 16.2. The van der Waals surface area contributed by atoms with Crippen molar-refractivity contribution < 1.29 is 214 Å². The zero-order valence-electron chi connectivity index (χ0n) is 74.3. The van der Waals surface area contributed by atoms with Crippen LogP contribution < -0.4 is 0 Å². The molecule has 0 aliphatic carbocycles. The van der Waals surface area contributed by atoms with E-state index in [1.54, 1.807) is 18.2 Å². The molecule has 8 rings (SSSR count). The average Bonchev–Trinajstić information content (AvgIpc) is 0.759. The number of esters is 10. The van der Waals surface area contributed by atoms with Crippen molar-refractivity contribution in [1.82, 2.24) is 0 Å². The molecule has 7 aliphatic heterocycles. The molecule has 0 radical (unpaired) electrons. The molecule has 127 heavy (non-hydrogen) atoms. The minimum absolute atomic E-state index is 0.0941. The van der Waals surface area contributed by atoms with Crippen molar-refractivity contribution in [3.8, 4) is 0 Å². The molecule has 0 amide bonds. The van der Waals surface area contributed by atoms with E-state index in [2.05, 4.69) is 10.0 Å². The third-order valence-corrected chi connectivity index (χ3v) is 21.1. The Hall–Kier alpha value is -7.77. The molecule has 48 nitrogen and oxygen atoms in total. The van der Waals surface area contributed by atoms with Crippen LogP contribution in [0, 0.1) is 0 Å². The maximum atomic E-state index is 14.1. The van der Waals surface area contributed by atoms with Crippen LogP contribution in [0.25, 0.3) is 10.4 Å². The summed E-state index contributed by atoms with van der Waals surface area (Å²) in [4.78, 5) is 133. The highest BCUT2D eigenvalue weighted by atomic mass is 16.8. The number of rotatable bonds is 43. The first-order chi connectivity index (χ1) is 60.7. The van der Waals surface area contributed by atoms with Gasteiger partial charge in [0, 0.05) is 153 Å². The molecular formula is C79H117N3O45. The maximum Gasteiger partial charge on any atom is 0.338 e. The Morgan fingerprint density at radius 2 is 0.504 bits per heavy atom. The van der Waals surface area contributed by atoms with E-state index >= 15 is 0 Å². The first kappa shape index (κ1) is 105. The van der Waals surface area contributed by atoms with Gasteiger partial charge >= 0.3 is 59.7 Å². The van der Waals surface area contributed by atoms with Gasteiger partial charge in [0.2, 0.25) is 6.29 Å². The molecule has 0 N–H and O–H groups in total. The van der Waals surface area contributed by atoms with Crippen LogP contribution in [0.3, 0.4) is 0 Å². The predicted octanol–water partition coefficient (Wildman–Crippen LogP) is -0.107. The van der Waals surface area contributed by atoms with Crippen LogP contribution in [-0.2, 0) is 209 Å². The molecule has 1 aromatic carbocycles. The van der Waals surface area contributed by atoms with Crippen molar-refractivity contribution in [2.75, 3.05) is 132 Å². The predicted molar refractivity (Wildman–Crippen MR) is 412 cm³/mol. The summed E-state index contributed by atoms with van der Waals surface area (Å²) in [6, 6.07) is 6.47. The van der Waals surface area contributed by atoms with Crippen LogP contribution >= 0.6 is 0 Å². The number of carbonyl (C=O) groups excluding carboxylic acids is 10. The minimum Gasteiger partial charge on any atom is -0.463 e. The maximum absolute atomic E-state index is 14.1. The summed E-state index contributed by atoms with van der Waals surface area (Å²) in [5, 5.41) is 3.83. The van der Waals surface area contributed by atoms with Gasteiger partial charge in [-0.25, -0.2) is 4.79 Å². The molecule has 0 spiro atoms. The van der Waals surface area contributed by atoms with Gasteiger partial charge in [-0.2, -0.15) is 0 Å². The lowest BCUT2D eigenvalue weighted by molar-refractivity contribution is -0.402.